The molecule has 3 heterocycles. The summed E-state index contributed by atoms with van der Waals surface area (Å²) in [5, 5.41) is 10.5. The van der Waals surface area contributed by atoms with Crippen molar-refractivity contribution in [1.29, 1.82) is 5.26 Å². The molecule has 0 atom stereocenters. The lowest BCUT2D eigenvalue weighted by Gasteiger charge is -2.34. The lowest BCUT2D eigenvalue weighted by atomic mass is 9.93. The van der Waals surface area contributed by atoms with Crippen LogP contribution in [-0.2, 0) is 4.74 Å². The third-order valence-electron chi connectivity index (χ3n) is 4.60. The zero-order valence-corrected chi connectivity index (χ0v) is 14.2. The standard InChI is InChI=1S/C15H21ClN4OS/c16-14-13(11-17)15(22-18-14)20-5-2-12(3-6-20)1-4-19-7-9-21-10-8-19/h12H,1-10H2. The first kappa shape index (κ1) is 16.0. The predicted molar refractivity (Wildman–Crippen MR) is 88.7 cm³/mol. The van der Waals surface area contributed by atoms with Crippen molar-refractivity contribution in [3.05, 3.63) is 10.7 Å². The number of halogens is 1. The Hall–Kier alpha value is -0.870. The fourth-order valence-electron chi connectivity index (χ4n) is 3.19. The third-order valence-corrected chi connectivity index (χ3v) is 5.89. The van der Waals surface area contributed by atoms with Crippen molar-refractivity contribution in [1.82, 2.24) is 9.27 Å². The van der Waals surface area contributed by atoms with Crippen molar-refractivity contribution in [3.8, 4) is 6.07 Å². The number of nitrogens with zero attached hydrogens (tertiary/aromatic N) is 4. The number of anilines is 1. The summed E-state index contributed by atoms with van der Waals surface area (Å²) in [5.41, 5.74) is 0.540. The van der Waals surface area contributed by atoms with E-state index in [0.29, 0.717) is 10.7 Å². The maximum Gasteiger partial charge on any atom is 0.162 e. The van der Waals surface area contributed by atoms with E-state index in [1.807, 2.05) is 0 Å². The van der Waals surface area contributed by atoms with Crippen molar-refractivity contribution < 1.29 is 4.74 Å². The smallest absolute Gasteiger partial charge is 0.162 e. The van der Waals surface area contributed by atoms with E-state index >= 15 is 0 Å². The van der Waals surface area contributed by atoms with Gasteiger partial charge in [-0.2, -0.15) is 9.64 Å². The van der Waals surface area contributed by atoms with Gasteiger partial charge in [0.05, 0.1) is 13.2 Å². The van der Waals surface area contributed by atoms with Crippen molar-refractivity contribution in [2.75, 3.05) is 50.8 Å². The summed E-state index contributed by atoms with van der Waals surface area (Å²) in [6, 6.07) is 2.18. The van der Waals surface area contributed by atoms with Gasteiger partial charge in [0, 0.05) is 26.2 Å². The first-order valence-corrected chi connectivity index (χ1v) is 9.03. The van der Waals surface area contributed by atoms with Gasteiger partial charge >= 0.3 is 0 Å². The zero-order valence-electron chi connectivity index (χ0n) is 12.6. The highest BCUT2D eigenvalue weighted by atomic mass is 35.5. The minimum Gasteiger partial charge on any atom is -0.379 e. The highest BCUT2D eigenvalue weighted by Gasteiger charge is 2.24. The molecule has 0 N–H and O–H groups in total. The van der Waals surface area contributed by atoms with E-state index in [1.165, 1.54) is 37.3 Å². The molecule has 0 unspecified atom stereocenters. The van der Waals surface area contributed by atoms with Crippen molar-refractivity contribution >= 4 is 28.1 Å². The number of piperidine rings is 1. The summed E-state index contributed by atoms with van der Waals surface area (Å²) in [5.74, 6) is 0.785. The van der Waals surface area contributed by atoms with Crippen LogP contribution in [0.25, 0.3) is 0 Å². The maximum absolute atomic E-state index is 9.19. The largest absolute Gasteiger partial charge is 0.379 e. The lowest BCUT2D eigenvalue weighted by Crippen LogP contribution is -2.39. The topological polar surface area (TPSA) is 52.4 Å². The van der Waals surface area contributed by atoms with E-state index in [0.717, 1.165) is 50.3 Å². The Morgan fingerprint density at radius 1 is 1.27 bits per heavy atom. The zero-order chi connectivity index (χ0) is 15.4. The Labute approximate surface area is 140 Å². The molecular weight excluding hydrogens is 320 g/mol. The Morgan fingerprint density at radius 2 is 2.00 bits per heavy atom. The highest BCUT2D eigenvalue weighted by Crippen LogP contribution is 2.34. The Balaban J connectivity index is 1.47. The molecule has 0 spiro atoms. The Kier molecular flexibility index (Phi) is 5.53. The van der Waals surface area contributed by atoms with Gasteiger partial charge in [0.2, 0.25) is 0 Å². The minimum absolute atomic E-state index is 0.344. The summed E-state index contributed by atoms with van der Waals surface area (Å²) >= 11 is 7.31. The molecule has 0 aliphatic carbocycles. The molecule has 1 aromatic heterocycles. The second-order valence-electron chi connectivity index (χ2n) is 5.94. The van der Waals surface area contributed by atoms with Crippen LogP contribution in [0.1, 0.15) is 24.8 Å². The molecule has 0 saturated carbocycles. The van der Waals surface area contributed by atoms with Crippen molar-refractivity contribution in [3.63, 3.8) is 0 Å². The highest BCUT2D eigenvalue weighted by molar-refractivity contribution is 7.10. The Morgan fingerprint density at radius 3 is 2.68 bits per heavy atom. The number of hydrogen-bond acceptors (Lipinski definition) is 6. The first-order chi connectivity index (χ1) is 10.8. The molecular formula is C15H21ClN4OS. The summed E-state index contributed by atoms with van der Waals surface area (Å²) in [6.45, 7) is 7.09. The number of rotatable bonds is 4. The van der Waals surface area contributed by atoms with Crippen LogP contribution < -0.4 is 4.90 Å². The number of ether oxygens (including phenoxy) is 1. The molecule has 0 radical (unpaired) electrons. The number of nitriles is 1. The molecule has 22 heavy (non-hydrogen) atoms. The van der Waals surface area contributed by atoms with Crippen LogP contribution in [0.3, 0.4) is 0 Å². The van der Waals surface area contributed by atoms with Gasteiger partial charge in [-0.05, 0) is 43.3 Å². The summed E-state index contributed by atoms with van der Waals surface area (Å²) in [4.78, 5) is 4.78. The number of aromatic nitrogens is 1. The summed E-state index contributed by atoms with van der Waals surface area (Å²) in [6.07, 6.45) is 3.64. The number of morpholine rings is 1. The van der Waals surface area contributed by atoms with Crippen LogP contribution in [0.2, 0.25) is 5.15 Å². The second-order valence-corrected chi connectivity index (χ2v) is 7.05. The van der Waals surface area contributed by atoms with E-state index in [4.69, 9.17) is 16.3 Å². The first-order valence-electron chi connectivity index (χ1n) is 7.88. The molecule has 0 amide bonds. The molecule has 2 aliphatic heterocycles. The third kappa shape index (κ3) is 3.72. The molecule has 120 valence electrons. The normalized spacial score (nSPS) is 21.0. The van der Waals surface area contributed by atoms with Gasteiger partial charge in [0.1, 0.15) is 16.6 Å². The number of hydrogen-bond donors (Lipinski definition) is 0. The molecule has 2 saturated heterocycles. The summed E-state index contributed by atoms with van der Waals surface area (Å²) in [7, 11) is 0. The van der Waals surface area contributed by atoms with Crippen molar-refractivity contribution in [2.45, 2.75) is 19.3 Å². The molecule has 1 aromatic rings. The van der Waals surface area contributed by atoms with Gasteiger partial charge in [-0.15, -0.1) is 0 Å². The van der Waals surface area contributed by atoms with Gasteiger partial charge in [-0.1, -0.05) is 11.6 Å². The molecule has 2 aliphatic rings. The van der Waals surface area contributed by atoms with E-state index < -0.39 is 0 Å². The van der Waals surface area contributed by atoms with E-state index in [1.54, 1.807) is 0 Å². The van der Waals surface area contributed by atoms with Gasteiger partial charge in [-0.25, -0.2) is 0 Å². The van der Waals surface area contributed by atoms with Gasteiger partial charge in [0.25, 0.3) is 0 Å². The van der Waals surface area contributed by atoms with Crippen LogP contribution >= 0.6 is 23.1 Å². The second kappa shape index (κ2) is 7.60. The Bertz CT molecular complexity index is 530. The van der Waals surface area contributed by atoms with Crippen LogP contribution in [0.4, 0.5) is 5.00 Å². The molecule has 0 bridgehead atoms. The van der Waals surface area contributed by atoms with Gasteiger partial charge < -0.3 is 9.64 Å². The molecule has 7 heteroatoms. The van der Waals surface area contributed by atoms with Crippen LogP contribution in [-0.4, -0.2) is 55.2 Å². The minimum atomic E-state index is 0.344. The molecule has 0 aromatic carbocycles. The fourth-order valence-corrected chi connectivity index (χ4v) is 4.27. The van der Waals surface area contributed by atoms with Crippen molar-refractivity contribution in [2.24, 2.45) is 5.92 Å². The monoisotopic (exact) mass is 340 g/mol. The lowest BCUT2D eigenvalue weighted by molar-refractivity contribution is 0.0349. The average molecular weight is 341 g/mol. The van der Waals surface area contributed by atoms with Gasteiger partial charge in [-0.3, -0.25) is 4.90 Å². The van der Waals surface area contributed by atoms with E-state index in [-0.39, 0.29) is 0 Å². The van der Waals surface area contributed by atoms with Crippen LogP contribution in [0.15, 0.2) is 0 Å². The SMILES string of the molecule is N#Cc1c(Cl)nsc1N1CCC(CCN2CCOCC2)CC1. The van der Waals surface area contributed by atoms with Crippen LogP contribution in [0, 0.1) is 17.2 Å². The molecule has 5 nitrogen and oxygen atoms in total. The quantitative estimate of drug-likeness (QED) is 0.843. The summed E-state index contributed by atoms with van der Waals surface area (Å²) < 4.78 is 9.49. The van der Waals surface area contributed by atoms with E-state index in [9.17, 15) is 5.26 Å². The fraction of sp³-hybridized carbons (Fsp3) is 0.733. The van der Waals surface area contributed by atoms with E-state index in [2.05, 4.69) is 20.2 Å². The predicted octanol–water partition coefficient (Wildman–Crippen LogP) is 2.61. The van der Waals surface area contributed by atoms with Crippen LogP contribution in [0.5, 0.6) is 0 Å². The molecule has 2 fully saturated rings. The van der Waals surface area contributed by atoms with Gasteiger partial charge in [0.15, 0.2) is 5.15 Å². The maximum atomic E-state index is 9.19. The molecule has 3 rings (SSSR count). The average Bonchev–Trinajstić information content (AvgIpc) is 2.95.